The summed E-state index contributed by atoms with van der Waals surface area (Å²) < 4.78 is 2.79. The van der Waals surface area contributed by atoms with Crippen LogP contribution in [0.2, 0.25) is 0 Å². The first-order valence-corrected chi connectivity index (χ1v) is 5.41. The number of H-pyrrole nitrogens is 1. The van der Waals surface area contributed by atoms with E-state index in [0.29, 0.717) is 0 Å². The third-order valence-corrected chi connectivity index (χ3v) is 3.18. The Hall–Kier alpha value is -1.42. The van der Waals surface area contributed by atoms with Crippen molar-refractivity contribution < 1.29 is 0 Å². The number of hydrogen-bond donors (Lipinski definition) is 1. The van der Waals surface area contributed by atoms with Gasteiger partial charge < -0.3 is 0 Å². The fraction of sp³-hybridized carbons (Fsp3) is 0.273. The second-order valence-corrected chi connectivity index (χ2v) is 4.30. The third-order valence-electron chi connectivity index (χ3n) is 2.87. The zero-order chi connectivity index (χ0) is 10.4. The molecule has 0 fully saturated rings. The molecule has 0 atom stereocenters. The summed E-state index contributed by atoms with van der Waals surface area (Å²) in [6, 6.07) is 6.51. The van der Waals surface area contributed by atoms with E-state index >= 15 is 0 Å². The molecule has 1 aromatic heterocycles. The van der Waals surface area contributed by atoms with Gasteiger partial charge in [-0.1, -0.05) is 17.7 Å². The van der Waals surface area contributed by atoms with Gasteiger partial charge in [-0.3, -0.25) is 9.67 Å². The van der Waals surface area contributed by atoms with E-state index in [1.54, 1.807) is 0 Å². The molecule has 0 bridgehead atoms. The smallest absolute Gasteiger partial charge is 0.195 e. The number of hydrogen-bond acceptors (Lipinski definition) is 2. The van der Waals surface area contributed by atoms with Gasteiger partial charge in [0.15, 0.2) is 10.6 Å². The number of aromatic amines is 1. The van der Waals surface area contributed by atoms with E-state index in [1.165, 1.54) is 16.7 Å². The van der Waals surface area contributed by atoms with Crippen molar-refractivity contribution in [1.82, 2.24) is 14.8 Å². The highest BCUT2D eigenvalue weighted by molar-refractivity contribution is 7.71. The molecule has 1 aliphatic rings. The lowest BCUT2D eigenvalue weighted by Crippen LogP contribution is -2.11. The van der Waals surface area contributed by atoms with Crippen LogP contribution >= 0.6 is 12.2 Å². The molecule has 0 saturated carbocycles. The predicted octanol–water partition coefficient (Wildman–Crippen LogP) is 2.47. The number of nitrogens with zero attached hydrogens (tertiary/aromatic N) is 2. The predicted molar refractivity (Wildman–Crippen MR) is 61.3 cm³/mol. The molecule has 0 unspecified atom stereocenters. The van der Waals surface area contributed by atoms with E-state index in [4.69, 9.17) is 12.2 Å². The van der Waals surface area contributed by atoms with Gasteiger partial charge in [-0.2, -0.15) is 5.10 Å². The molecule has 3 rings (SSSR count). The highest BCUT2D eigenvalue weighted by Crippen LogP contribution is 2.28. The summed E-state index contributed by atoms with van der Waals surface area (Å²) in [5, 5.41) is 7.14. The molecule has 76 valence electrons. The van der Waals surface area contributed by atoms with E-state index in [-0.39, 0.29) is 0 Å². The van der Waals surface area contributed by atoms with Crippen LogP contribution in [0.25, 0.3) is 11.4 Å². The maximum Gasteiger partial charge on any atom is 0.195 e. The quantitative estimate of drug-likeness (QED) is 0.688. The maximum atomic E-state index is 5.18. The minimum atomic E-state index is 0.720. The van der Waals surface area contributed by atoms with Gasteiger partial charge >= 0.3 is 0 Å². The molecule has 0 saturated heterocycles. The number of aromatic nitrogens is 3. The van der Waals surface area contributed by atoms with Crippen molar-refractivity contribution in [2.75, 3.05) is 0 Å². The third kappa shape index (κ3) is 1.25. The summed E-state index contributed by atoms with van der Waals surface area (Å²) in [6.07, 6.45) is 1.04. The molecular weight excluding hydrogens is 206 g/mol. The molecule has 1 aromatic carbocycles. The molecule has 3 nitrogen and oxygen atoms in total. The number of rotatable bonds is 0. The Morgan fingerprint density at radius 3 is 3.20 bits per heavy atom. The van der Waals surface area contributed by atoms with Gasteiger partial charge in [-0.25, -0.2) is 0 Å². The van der Waals surface area contributed by atoms with Gasteiger partial charge in [0.2, 0.25) is 0 Å². The Balaban J connectivity index is 2.33. The van der Waals surface area contributed by atoms with Gasteiger partial charge in [-0.15, -0.1) is 0 Å². The Morgan fingerprint density at radius 2 is 2.33 bits per heavy atom. The molecule has 15 heavy (non-hydrogen) atoms. The molecule has 0 radical (unpaired) electrons. The molecular formula is C11H11N3S. The van der Waals surface area contributed by atoms with E-state index in [1.807, 2.05) is 0 Å². The summed E-state index contributed by atoms with van der Waals surface area (Å²) in [6.45, 7) is 3.03. The summed E-state index contributed by atoms with van der Waals surface area (Å²) in [5.41, 5.74) is 3.84. The average Bonchev–Trinajstić information content (AvgIpc) is 2.61. The van der Waals surface area contributed by atoms with Gasteiger partial charge in [0.05, 0.1) is 0 Å². The average molecular weight is 217 g/mol. The van der Waals surface area contributed by atoms with Crippen molar-refractivity contribution in [2.24, 2.45) is 0 Å². The molecule has 0 aliphatic carbocycles. The van der Waals surface area contributed by atoms with Crippen LogP contribution in [0.3, 0.4) is 0 Å². The zero-order valence-electron chi connectivity index (χ0n) is 8.45. The lowest BCUT2D eigenvalue weighted by molar-refractivity contribution is 0.673. The lowest BCUT2D eigenvalue weighted by atomic mass is 9.99. The van der Waals surface area contributed by atoms with Crippen LogP contribution in [-0.2, 0) is 13.0 Å². The first-order valence-electron chi connectivity index (χ1n) is 5.01. The Kier molecular flexibility index (Phi) is 1.79. The second-order valence-electron chi connectivity index (χ2n) is 3.91. The Morgan fingerprint density at radius 1 is 1.47 bits per heavy atom. The Labute approximate surface area is 92.8 Å². The van der Waals surface area contributed by atoms with Crippen molar-refractivity contribution in [3.8, 4) is 11.4 Å². The van der Waals surface area contributed by atoms with E-state index in [9.17, 15) is 0 Å². The molecule has 1 N–H and O–H groups in total. The van der Waals surface area contributed by atoms with E-state index in [2.05, 4.69) is 39.9 Å². The van der Waals surface area contributed by atoms with Crippen molar-refractivity contribution >= 4 is 12.2 Å². The zero-order valence-corrected chi connectivity index (χ0v) is 9.27. The standard InChI is InChI=1S/C11H11N3S/c1-7-2-3-8-4-5-14-10(9(8)6-7)12-13-11(14)15/h2-3,6H,4-5H2,1H3,(H,13,15). The van der Waals surface area contributed by atoms with Crippen molar-refractivity contribution in [2.45, 2.75) is 19.9 Å². The fourth-order valence-corrected chi connectivity index (χ4v) is 2.30. The number of fused-ring (bicyclic) bond motifs is 3. The van der Waals surface area contributed by atoms with E-state index in [0.717, 1.165) is 23.6 Å². The number of nitrogens with one attached hydrogen (secondary N) is 1. The monoisotopic (exact) mass is 217 g/mol. The molecule has 0 amide bonds. The maximum absolute atomic E-state index is 5.18. The second kappa shape index (κ2) is 3.03. The van der Waals surface area contributed by atoms with Gasteiger partial charge in [-0.05, 0) is 37.2 Å². The van der Waals surface area contributed by atoms with Crippen molar-refractivity contribution in [3.05, 3.63) is 34.1 Å². The largest absolute Gasteiger partial charge is 0.300 e. The van der Waals surface area contributed by atoms with Gasteiger partial charge in [0, 0.05) is 12.1 Å². The van der Waals surface area contributed by atoms with E-state index < -0.39 is 0 Å². The summed E-state index contributed by atoms with van der Waals surface area (Å²) in [4.78, 5) is 0. The van der Waals surface area contributed by atoms with Crippen LogP contribution in [-0.4, -0.2) is 14.8 Å². The van der Waals surface area contributed by atoms with Crippen LogP contribution in [0.5, 0.6) is 0 Å². The molecule has 0 spiro atoms. The molecule has 2 aromatic rings. The summed E-state index contributed by atoms with van der Waals surface area (Å²) in [7, 11) is 0. The van der Waals surface area contributed by atoms with Crippen molar-refractivity contribution in [1.29, 1.82) is 0 Å². The normalized spacial score (nSPS) is 13.4. The van der Waals surface area contributed by atoms with Crippen LogP contribution in [0.1, 0.15) is 11.1 Å². The highest BCUT2D eigenvalue weighted by Gasteiger charge is 2.17. The topological polar surface area (TPSA) is 33.6 Å². The number of benzene rings is 1. The summed E-state index contributed by atoms with van der Waals surface area (Å²) in [5.74, 6) is 0.977. The van der Waals surface area contributed by atoms with Gasteiger partial charge in [0.25, 0.3) is 0 Å². The van der Waals surface area contributed by atoms with Crippen molar-refractivity contribution in [3.63, 3.8) is 0 Å². The van der Waals surface area contributed by atoms with Crippen LogP contribution in [0.15, 0.2) is 18.2 Å². The first-order chi connectivity index (χ1) is 7.25. The SMILES string of the molecule is Cc1ccc2c(c1)-c1n[nH]c(=S)n1CC2. The van der Waals surface area contributed by atoms with Crippen LogP contribution < -0.4 is 0 Å². The first kappa shape index (κ1) is 8.85. The van der Waals surface area contributed by atoms with Gasteiger partial charge in [0.1, 0.15) is 0 Å². The Bertz CT molecular complexity index is 580. The minimum absolute atomic E-state index is 0.720. The minimum Gasteiger partial charge on any atom is -0.300 e. The van der Waals surface area contributed by atoms with Crippen LogP contribution in [0.4, 0.5) is 0 Å². The van der Waals surface area contributed by atoms with Crippen LogP contribution in [0, 0.1) is 11.7 Å². The highest BCUT2D eigenvalue weighted by atomic mass is 32.1. The number of aryl methyl sites for hydroxylation is 2. The molecule has 4 heteroatoms. The molecule has 1 aliphatic heterocycles. The fourth-order valence-electron chi connectivity index (χ4n) is 2.08. The summed E-state index contributed by atoms with van der Waals surface area (Å²) >= 11 is 5.18. The molecule has 2 heterocycles. The lowest BCUT2D eigenvalue weighted by Gasteiger charge is -2.17.